The third kappa shape index (κ3) is 3.63. The van der Waals surface area contributed by atoms with Gasteiger partial charge in [-0.1, -0.05) is 47.0 Å². The van der Waals surface area contributed by atoms with Gasteiger partial charge >= 0.3 is 6.03 Å². The maximum absolute atomic E-state index is 12.9. The number of carbonyl (C=O) groups excluding carboxylic acids is 3. The van der Waals surface area contributed by atoms with Crippen molar-refractivity contribution >= 4 is 52.8 Å². The minimum atomic E-state index is -0.808. The molecule has 1 aliphatic rings. The molecule has 0 bridgehead atoms. The summed E-state index contributed by atoms with van der Waals surface area (Å²) in [4.78, 5) is 38.4. The Labute approximate surface area is 181 Å². The molecule has 1 aliphatic heterocycles. The zero-order chi connectivity index (χ0) is 21.4. The van der Waals surface area contributed by atoms with Crippen molar-refractivity contribution in [2.75, 3.05) is 4.90 Å². The van der Waals surface area contributed by atoms with Crippen LogP contribution in [0.5, 0.6) is 0 Å². The number of anilines is 1. The maximum atomic E-state index is 12.9. The summed E-state index contributed by atoms with van der Waals surface area (Å²) in [5.74, 6) is -0.874. The van der Waals surface area contributed by atoms with Crippen LogP contribution in [0.1, 0.15) is 11.3 Å². The number of halogens is 2. The van der Waals surface area contributed by atoms with E-state index in [2.05, 4.69) is 5.32 Å². The van der Waals surface area contributed by atoms with E-state index in [-0.39, 0.29) is 11.3 Å². The third-order valence-electron chi connectivity index (χ3n) is 4.52. The molecule has 0 aliphatic carbocycles. The first-order valence-corrected chi connectivity index (χ1v) is 9.63. The fraction of sp³-hybridized carbons (Fsp3) is 0.0455. The van der Waals surface area contributed by atoms with Crippen molar-refractivity contribution in [1.29, 1.82) is 0 Å². The second kappa shape index (κ2) is 7.82. The van der Waals surface area contributed by atoms with Gasteiger partial charge in [0.1, 0.15) is 17.1 Å². The minimum absolute atomic E-state index is 0.228. The normalized spacial score (nSPS) is 15.6. The lowest BCUT2D eigenvalue weighted by molar-refractivity contribution is -0.122. The molecular formula is C22H14Cl2N2O4. The zero-order valence-electron chi connectivity index (χ0n) is 15.6. The predicted molar refractivity (Wildman–Crippen MR) is 114 cm³/mol. The number of hydrogen-bond donors (Lipinski definition) is 1. The molecule has 6 nitrogen and oxygen atoms in total. The smallest absolute Gasteiger partial charge is 0.335 e. The lowest BCUT2D eigenvalue weighted by Gasteiger charge is -2.26. The molecule has 150 valence electrons. The summed E-state index contributed by atoms with van der Waals surface area (Å²) in [7, 11) is 0. The number of barbiturate groups is 1. The van der Waals surface area contributed by atoms with Gasteiger partial charge in [0.2, 0.25) is 0 Å². The van der Waals surface area contributed by atoms with Crippen LogP contribution in [-0.2, 0) is 9.59 Å². The van der Waals surface area contributed by atoms with Crippen LogP contribution in [0, 0.1) is 6.92 Å². The van der Waals surface area contributed by atoms with Crippen LogP contribution in [0.15, 0.2) is 64.6 Å². The molecule has 0 atom stereocenters. The molecule has 4 rings (SSSR count). The predicted octanol–water partition coefficient (Wildman–Crippen LogP) is 5.23. The van der Waals surface area contributed by atoms with Crippen LogP contribution in [-0.4, -0.2) is 17.8 Å². The Balaban J connectivity index is 1.69. The van der Waals surface area contributed by atoms with E-state index in [9.17, 15) is 14.4 Å². The van der Waals surface area contributed by atoms with Crippen molar-refractivity contribution < 1.29 is 18.8 Å². The number of urea groups is 1. The fourth-order valence-electron chi connectivity index (χ4n) is 3.00. The second-order valence-corrected chi connectivity index (χ2v) is 7.38. The highest BCUT2D eigenvalue weighted by Crippen LogP contribution is 2.34. The monoisotopic (exact) mass is 440 g/mol. The number of aryl methyl sites for hydroxylation is 1. The quantitative estimate of drug-likeness (QED) is 0.446. The second-order valence-electron chi connectivity index (χ2n) is 6.60. The SMILES string of the molecule is Cc1ccc(N2C(=O)NC(=O)C(=Cc3ccc(-c4cccc(Cl)c4Cl)o3)C2=O)cc1. The lowest BCUT2D eigenvalue weighted by Crippen LogP contribution is -2.54. The van der Waals surface area contributed by atoms with Gasteiger partial charge in [0, 0.05) is 5.56 Å². The third-order valence-corrected chi connectivity index (χ3v) is 5.34. The average Bonchev–Trinajstić information content (AvgIpc) is 3.17. The van der Waals surface area contributed by atoms with Gasteiger partial charge in [-0.25, -0.2) is 9.69 Å². The molecule has 1 aromatic heterocycles. The Bertz CT molecular complexity index is 1210. The van der Waals surface area contributed by atoms with E-state index in [1.54, 1.807) is 54.6 Å². The summed E-state index contributed by atoms with van der Waals surface area (Å²) >= 11 is 12.3. The molecule has 1 saturated heterocycles. The molecule has 4 amide bonds. The summed E-state index contributed by atoms with van der Waals surface area (Å²) in [6, 6.07) is 14.3. The molecule has 0 saturated carbocycles. The van der Waals surface area contributed by atoms with E-state index >= 15 is 0 Å². The summed E-state index contributed by atoms with van der Waals surface area (Å²) in [5.41, 5.74) is 1.67. The summed E-state index contributed by atoms with van der Waals surface area (Å²) in [6.45, 7) is 1.89. The number of nitrogens with one attached hydrogen (secondary N) is 1. The average molecular weight is 441 g/mol. The first kappa shape index (κ1) is 19.9. The number of rotatable bonds is 3. The molecule has 1 N–H and O–H groups in total. The molecule has 0 radical (unpaired) electrons. The van der Waals surface area contributed by atoms with Gasteiger partial charge < -0.3 is 4.42 Å². The van der Waals surface area contributed by atoms with Gasteiger partial charge in [-0.2, -0.15) is 0 Å². The van der Waals surface area contributed by atoms with Gasteiger partial charge in [-0.15, -0.1) is 0 Å². The number of hydrogen-bond acceptors (Lipinski definition) is 4. The molecule has 2 heterocycles. The van der Waals surface area contributed by atoms with Crippen LogP contribution < -0.4 is 10.2 Å². The summed E-state index contributed by atoms with van der Waals surface area (Å²) < 4.78 is 5.73. The van der Waals surface area contributed by atoms with Crippen molar-refractivity contribution in [3.05, 3.63) is 81.5 Å². The van der Waals surface area contributed by atoms with Crippen LogP contribution in [0.25, 0.3) is 17.4 Å². The Morgan fingerprint density at radius 2 is 1.70 bits per heavy atom. The standard InChI is InChI=1S/C22H14Cl2N2O4/c1-12-5-7-13(8-6-12)26-21(28)16(20(27)25-22(26)29)11-14-9-10-18(30-14)15-3-2-4-17(23)19(15)24/h2-11H,1H3,(H,25,27,29). The molecular weight excluding hydrogens is 427 g/mol. The topological polar surface area (TPSA) is 79.6 Å². The fourth-order valence-corrected chi connectivity index (χ4v) is 3.39. The van der Waals surface area contributed by atoms with Crippen molar-refractivity contribution in [2.24, 2.45) is 0 Å². The maximum Gasteiger partial charge on any atom is 0.335 e. The first-order chi connectivity index (χ1) is 14.3. The Hall–Kier alpha value is -3.35. The number of furan rings is 1. The largest absolute Gasteiger partial charge is 0.457 e. The lowest BCUT2D eigenvalue weighted by atomic mass is 10.1. The minimum Gasteiger partial charge on any atom is -0.457 e. The molecule has 3 aromatic rings. The number of benzene rings is 2. The first-order valence-electron chi connectivity index (χ1n) is 8.87. The van der Waals surface area contributed by atoms with Crippen molar-refractivity contribution in [2.45, 2.75) is 6.92 Å². The Morgan fingerprint density at radius 3 is 2.43 bits per heavy atom. The van der Waals surface area contributed by atoms with E-state index in [1.807, 2.05) is 6.92 Å². The van der Waals surface area contributed by atoms with Gasteiger partial charge in [-0.3, -0.25) is 14.9 Å². The van der Waals surface area contributed by atoms with E-state index < -0.39 is 17.8 Å². The van der Waals surface area contributed by atoms with E-state index in [0.29, 0.717) is 27.1 Å². The number of amides is 4. The molecule has 1 fully saturated rings. The van der Waals surface area contributed by atoms with Crippen LogP contribution >= 0.6 is 23.2 Å². The molecule has 0 spiro atoms. The highest BCUT2D eigenvalue weighted by atomic mass is 35.5. The van der Waals surface area contributed by atoms with Gasteiger partial charge in [0.05, 0.1) is 15.7 Å². The van der Waals surface area contributed by atoms with Gasteiger partial charge in [-0.05, 0) is 49.4 Å². The Morgan fingerprint density at radius 1 is 0.967 bits per heavy atom. The van der Waals surface area contributed by atoms with Crippen LogP contribution in [0.4, 0.5) is 10.5 Å². The molecule has 30 heavy (non-hydrogen) atoms. The molecule has 2 aromatic carbocycles. The summed E-state index contributed by atoms with van der Waals surface area (Å²) in [6.07, 6.45) is 1.28. The Kier molecular flexibility index (Phi) is 5.20. The summed E-state index contributed by atoms with van der Waals surface area (Å²) in [5, 5.41) is 2.88. The van der Waals surface area contributed by atoms with E-state index in [0.717, 1.165) is 10.5 Å². The molecule has 0 unspecified atom stereocenters. The van der Waals surface area contributed by atoms with Crippen LogP contribution in [0.3, 0.4) is 0 Å². The van der Waals surface area contributed by atoms with Gasteiger partial charge in [0.25, 0.3) is 11.8 Å². The number of carbonyl (C=O) groups is 3. The van der Waals surface area contributed by atoms with Crippen LogP contribution in [0.2, 0.25) is 10.0 Å². The van der Waals surface area contributed by atoms with Crippen molar-refractivity contribution in [3.8, 4) is 11.3 Å². The highest BCUT2D eigenvalue weighted by molar-refractivity contribution is 6.43. The van der Waals surface area contributed by atoms with Crippen molar-refractivity contribution in [1.82, 2.24) is 5.32 Å². The highest BCUT2D eigenvalue weighted by Gasteiger charge is 2.37. The number of nitrogens with zero attached hydrogens (tertiary/aromatic N) is 1. The zero-order valence-corrected chi connectivity index (χ0v) is 17.1. The van der Waals surface area contributed by atoms with Gasteiger partial charge in [0.15, 0.2) is 0 Å². The van der Waals surface area contributed by atoms with Crippen molar-refractivity contribution in [3.63, 3.8) is 0 Å². The van der Waals surface area contributed by atoms with E-state index in [4.69, 9.17) is 27.6 Å². The molecule has 8 heteroatoms. The number of imide groups is 2. The van der Waals surface area contributed by atoms with E-state index in [1.165, 1.54) is 6.08 Å².